The van der Waals surface area contributed by atoms with Crippen molar-refractivity contribution in [3.8, 4) is 22.3 Å². The Bertz CT molecular complexity index is 1710. The summed E-state index contributed by atoms with van der Waals surface area (Å²) in [4.78, 5) is 0. The van der Waals surface area contributed by atoms with Crippen LogP contribution in [-0.2, 0) is 10.8 Å². The van der Waals surface area contributed by atoms with Gasteiger partial charge in [0.2, 0.25) is 0 Å². The lowest BCUT2D eigenvalue weighted by molar-refractivity contribution is 0.590. The first-order valence-corrected chi connectivity index (χ1v) is 21.7. The summed E-state index contributed by atoms with van der Waals surface area (Å²) in [7, 11) is -2.05. The van der Waals surface area contributed by atoms with Gasteiger partial charge >= 0.3 is 0 Å². The number of rotatable bonds is 10. The predicted molar refractivity (Wildman–Crippen MR) is 219 cm³/mol. The molecule has 0 radical (unpaired) electrons. The highest BCUT2D eigenvalue weighted by Gasteiger charge is 2.52. The predicted octanol–water partition coefficient (Wildman–Crippen LogP) is 14.4. The van der Waals surface area contributed by atoms with Gasteiger partial charge in [0.05, 0.1) is 8.07 Å². The van der Waals surface area contributed by atoms with E-state index in [1.165, 1.54) is 82.3 Å². The van der Waals surface area contributed by atoms with Gasteiger partial charge in [0, 0.05) is 11.1 Å². The van der Waals surface area contributed by atoms with E-state index in [1.807, 2.05) is 0 Å². The Morgan fingerprint density at radius 2 is 0.878 bits per heavy atom. The van der Waals surface area contributed by atoms with Crippen molar-refractivity contribution in [3.05, 3.63) is 129 Å². The fourth-order valence-electron chi connectivity index (χ4n) is 9.31. The third-order valence-corrected chi connectivity index (χ3v) is 18.2. The van der Waals surface area contributed by atoms with Crippen molar-refractivity contribution < 1.29 is 0 Å². The smallest absolute Gasteiger partial charge is 0.0678 e. The van der Waals surface area contributed by atoms with Crippen molar-refractivity contribution in [3.63, 3.8) is 0 Å². The van der Waals surface area contributed by atoms with Crippen molar-refractivity contribution in [1.29, 1.82) is 0 Å². The second-order valence-electron chi connectivity index (χ2n) is 17.4. The molecule has 4 aromatic carbocycles. The molecule has 2 unspecified atom stereocenters. The first kappa shape index (κ1) is 35.4. The lowest BCUT2D eigenvalue weighted by atomic mass is 9.86. The first-order chi connectivity index (χ1) is 23.3. The third kappa shape index (κ3) is 6.61. The first-order valence-electron chi connectivity index (χ1n) is 19.1. The fraction of sp³-hybridized carbons (Fsp3) is 0.417. The minimum atomic E-state index is -2.05. The molecule has 0 N–H and O–H groups in total. The van der Waals surface area contributed by atoms with Crippen molar-refractivity contribution in [2.24, 2.45) is 0 Å². The molecule has 0 spiro atoms. The zero-order valence-electron chi connectivity index (χ0n) is 32.1. The average molecular weight is 665 g/mol. The van der Waals surface area contributed by atoms with E-state index in [9.17, 15) is 0 Å². The monoisotopic (exact) mass is 664 g/mol. The SMILES string of the molecule is CCCC[Si](CCCC)(C1C(C)=Cc2c(-c3ccc(C(C)(C)C)cc3)cccc21)C1C(C)=Cc2c(-c3ccc(C(C)(C)C)cc3)cccc21. The van der Waals surface area contributed by atoms with E-state index in [0.29, 0.717) is 11.1 Å². The molecule has 6 rings (SSSR count). The van der Waals surface area contributed by atoms with Gasteiger partial charge in [-0.25, -0.2) is 0 Å². The number of hydrogen-bond donors (Lipinski definition) is 0. The quantitative estimate of drug-likeness (QED) is 0.148. The highest BCUT2D eigenvalue weighted by Crippen LogP contribution is 2.58. The fourth-order valence-corrected chi connectivity index (χ4v) is 16.8. The highest BCUT2D eigenvalue weighted by atomic mass is 28.3. The van der Waals surface area contributed by atoms with Gasteiger partial charge in [-0.3, -0.25) is 0 Å². The van der Waals surface area contributed by atoms with E-state index in [2.05, 4.69) is 166 Å². The molecule has 2 atom stereocenters. The topological polar surface area (TPSA) is 0 Å². The summed E-state index contributed by atoms with van der Waals surface area (Å²) in [6.45, 7) is 23.6. The van der Waals surface area contributed by atoms with Crippen LogP contribution in [0.1, 0.15) is 139 Å². The second kappa shape index (κ2) is 13.7. The summed E-state index contributed by atoms with van der Waals surface area (Å²) < 4.78 is 0. The minimum absolute atomic E-state index is 0.154. The molecule has 2 aliphatic rings. The van der Waals surface area contributed by atoms with Crippen LogP contribution in [-0.4, -0.2) is 8.07 Å². The van der Waals surface area contributed by atoms with Gasteiger partial charge in [0.15, 0.2) is 0 Å². The number of allylic oxidation sites excluding steroid dienone is 2. The van der Waals surface area contributed by atoms with Gasteiger partial charge in [-0.15, -0.1) is 0 Å². The average Bonchev–Trinajstić information content (AvgIpc) is 3.60. The molecule has 0 fully saturated rings. The van der Waals surface area contributed by atoms with Gasteiger partial charge in [0.25, 0.3) is 0 Å². The molecule has 0 bridgehead atoms. The van der Waals surface area contributed by atoms with E-state index in [0.717, 1.165) is 0 Å². The van der Waals surface area contributed by atoms with Crippen LogP contribution in [0.2, 0.25) is 12.1 Å². The van der Waals surface area contributed by atoms with E-state index < -0.39 is 8.07 Å². The van der Waals surface area contributed by atoms with Crippen LogP contribution in [0.3, 0.4) is 0 Å². The van der Waals surface area contributed by atoms with Crippen LogP contribution in [0.4, 0.5) is 0 Å². The lowest BCUT2D eigenvalue weighted by Crippen LogP contribution is -2.48. The Hall–Kier alpha value is -3.42. The van der Waals surface area contributed by atoms with Gasteiger partial charge in [-0.1, -0.05) is 201 Å². The standard InChI is InChI=1S/C48H60Si/c1-11-13-29-49(30-14-12-2,45-33(3)31-43-39(17-15-19-41(43)45)35-21-25-37(26-22-35)47(5,6)7)46-34(4)32-44-40(18-16-20-42(44)46)36-23-27-38(28-24-36)48(8,9)10/h15-28,31-32,45-46H,11-14,29-30H2,1-10H3. The zero-order chi connectivity index (χ0) is 35.1. The van der Waals surface area contributed by atoms with Crippen LogP contribution in [0.5, 0.6) is 0 Å². The highest BCUT2D eigenvalue weighted by molar-refractivity contribution is 6.84. The summed E-state index contributed by atoms with van der Waals surface area (Å²) >= 11 is 0. The minimum Gasteiger partial charge on any atom is -0.0678 e. The molecule has 4 aromatic rings. The molecule has 0 nitrogen and oxygen atoms in total. The molecule has 1 heteroatoms. The van der Waals surface area contributed by atoms with Crippen molar-refractivity contribution in [1.82, 2.24) is 0 Å². The largest absolute Gasteiger partial charge is 0.0781 e. The number of fused-ring (bicyclic) bond motifs is 2. The Kier molecular flexibility index (Phi) is 9.91. The Labute approximate surface area is 299 Å². The molecule has 0 aliphatic heterocycles. The third-order valence-electron chi connectivity index (χ3n) is 11.8. The summed E-state index contributed by atoms with van der Waals surface area (Å²) in [5, 5.41) is 0. The maximum atomic E-state index is 2.59. The van der Waals surface area contributed by atoms with Gasteiger partial charge in [-0.2, -0.15) is 0 Å². The van der Waals surface area contributed by atoms with E-state index in [4.69, 9.17) is 0 Å². The van der Waals surface area contributed by atoms with Gasteiger partial charge in [0.1, 0.15) is 0 Å². The molecule has 0 amide bonds. The number of benzene rings is 4. The van der Waals surface area contributed by atoms with Gasteiger partial charge in [-0.05, 0) is 80.3 Å². The lowest BCUT2D eigenvalue weighted by Gasteiger charge is -2.45. The molecule has 0 saturated heterocycles. The van der Waals surface area contributed by atoms with E-state index in [-0.39, 0.29) is 10.8 Å². The molecule has 0 aromatic heterocycles. The second-order valence-corrected chi connectivity index (χ2v) is 22.0. The molecule has 49 heavy (non-hydrogen) atoms. The molecule has 256 valence electrons. The zero-order valence-corrected chi connectivity index (χ0v) is 33.1. The molecular formula is C48H60Si. The summed E-state index contributed by atoms with van der Waals surface area (Å²) in [5.41, 5.74) is 19.0. The molecular weight excluding hydrogens is 605 g/mol. The van der Waals surface area contributed by atoms with Crippen LogP contribution in [0.25, 0.3) is 34.4 Å². The Balaban J connectivity index is 1.49. The van der Waals surface area contributed by atoms with Gasteiger partial charge < -0.3 is 0 Å². The Morgan fingerprint density at radius 3 is 1.20 bits per heavy atom. The van der Waals surface area contributed by atoms with Crippen molar-refractivity contribution >= 4 is 20.2 Å². The Morgan fingerprint density at radius 1 is 0.510 bits per heavy atom. The normalized spacial score (nSPS) is 17.5. The molecule has 2 aliphatic carbocycles. The van der Waals surface area contributed by atoms with Crippen LogP contribution in [0, 0.1) is 0 Å². The maximum Gasteiger partial charge on any atom is 0.0781 e. The van der Waals surface area contributed by atoms with E-state index >= 15 is 0 Å². The maximum absolute atomic E-state index is 2.59. The summed E-state index contributed by atoms with van der Waals surface area (Å²) in [6.07, 6.45) is 10.3. The summed E-state index contributed by atoms with van der Waals surface area (Å²) in [5.74, 6) is 0. The van der Waals surface area contributed by atoms with Crippen molar-refractivity contribution in [2.75, 3.05) is 0 Å². The molecule has 0 heterocycles. The van der Waals surface area contributed by atoms with Crippen LogP contribution >= 0.6 is 0 Å². The van der Waals surface area contributed by atoms with Crippen LogP contribution < -0.4 is 0 Å². The van der Waals surface area contributed by atoms with E-state index in [1.54, 1.807) is 22.3 Å². The summed E-state index contributed by atoms with van der Waals surface area (Å²) in [6, 6.07) is 36.0. The number of unbranched alkanes of at least 4 members (excludes halogenated alkanes) is 2. The number of hydrogen-bond acceptors (Lipinski definition) is 0. The van der Waals surface area contributed by atoms with Crippen molar-refractivity contribution in [2.45, 2.75) is 129 Å². The molecule has 0 saturated carbocycles. The van der Waals surface area contributed by atoms with Crippen LogP contribution in [0.15, 0.2) is 96.1 Å².